The Morgan fingerprint density at radius 1 is 1.06 bits per heavy atom. The smallest absolute Gasteiger partial charge is 0.333 e. The zero-order valence-electron chi connectivity index (χ0n) is 21.3. The van der Waals surface area contributed by atoms with Gasteiger partial charge in [-0.2, -0.15) is 0 Å². The normalized spacial score (nSPS) is 51.8. The molecule has 6 rings (SSSR count). The molecule has 2 aliphatic heterocycles. The van der Waals surface area contributed by atoms with Gasteiger partial charge in [0.2, 0.25) is 0 Å². The van der Waals surface area contributed by atoms with Gasteiger partial charge in [-0.3, -0.25) is 4.79 Å². The van der Waals surface area contributed by atoms with Gasteiger partial charge < -0.3 is 24.8 Å². The van der Waals surface area contributed by atoms with Crippen LogP contribution in [0.4, 0.5) is 0 Å². The second-order valence-electron chi connectivity index (χ2n) is 12.6. The largest absolute Gasteiger partial charge is 0.458 e. The molecule has 0 aromatic carbocycles. The monoisotopic (exact) mass is 486 g/mol. The summed E-state index contributed by atoms with van der Waals surface area (Å²) in [5.41, 5.74) is 1.90. The molecule has 0 amide bonds. The lowest BCUT2D eigenvalue weighted by atomic mass is 9.47. The van der Waals surface area contributed by atoms with Crippen LogP contribution < -0.4 is 0 Å². The van der Waals surface area contributed by atoms with Crippen LogP contribution in [0.5, 0.6) is 0 Å². The van der Waals surface area contributed by atoms with Crippen molar-refractivity contribution in [3.63, 3.8) is 0 Å². The van der Waals surface area contributed by atoms with Crippen LogP contribution >= 0.6 is 0 Å². The van der Waals surface area contributed by atoms with Gasteiger partial charge in [-0.05, 0) is 58.3 Å². The molecular formula is C28H38O7. The molecule has 1 spiro atoms. The van der Waals surface area contributed by atoms with Crippen LogP contribution in [0.15, 0.2) is 22.3 Å². The molecule has 7 nitrogen and oxygen atoms in total. The van der Waals surface area contributed by atoms with E-state index in [1.165, 1.54) is 11.1 Å². The highest BCUT2D eigenvalue weighted by Crippen LogP contribution is 2.71. The molecule has 0 radical (unpaired) electrons. The molecule has 7 heteroatoms. The van der Waals surface area contributed by atoms with Crippen LogP contribution in [0.2, 0.25) is 0 Å². The number of rotatable bonds is 2. The Morgan fingerprint density at radius 2 is 1.77 bits per heavy atom. The minimum Gasteiger partial charge on any atom is -0.458 e. The number of hydrogen-bond acceptors (Lipinski definition) is 7. The third kappa shape index (κ3) is 2.71. The first-order valence-electron chi connectivity index (χ1n) is 13.2. The summed E-state index contributed by atoms with van der Waals surface area (Å²) < 4.78 is 12.0. The van der Waals surface area contributed by atoms with Crippen molar-refractivity contribution in [1.82, 2.24) is 0 Å². The third-order valence-electron chi connectivity index (χ3n) is 11.6. The van der Waals surface area contributed by atoms with Crippen LogP contribution in [0, 0.1) is 28.6 Å². The van der Waals surface area contributed by atoms with E-state index in [9.17, 15) is 24.9 Å². The van der Waals surface area contributed by atoms with Crippen LogP contribution in [-0.2, 0) is 19.1 Å². The Kier molecular flexibility index (Phi) is 4.95. The number of ketones is 1. The van der Waals surface area contributed by atoms with Crippen molar-refractivity contribution >= 4 is 11.8 Å². The number of carbonyl (C=O) groups excluding carboxylic acids is 2. The van der Waals surface area contributed by atoms with Crippen molar-refractivity contribution in [3.05, 3.63) is 22.3 Å². The average Bonchev–Trinajstić information content (AvgIpc) is 3.49. The fourth-order valence-electron chi connectivity index (χ4n) is 8.97. The SMILES string of the molecule is CC1=C(C)C(=O)OC(C(C)C2(C)C3=C(CC2O)C2CC4OC45C(O)C(O)CC(=O)C5(C)C2CC3)C1. The fourth-order valence-corrected chi connectivity index (χ4v) is 8.97. The van der Waals surface area contributed by atoms with Gasteiger partial charge in [0.05, 0.1) is 23.7 Å². The number of aliphatic hydroxyl groups is 3. The second-order valence-corrected chi connectivity index (χ2v) is 12.6. The number of Topliss-reactive ketones (excluding diaryl/α,β-unsaturated/α-hetero) is 1. The summed E-state index contributed by atoms with van der Waals surface area (Å²) in [4.78, 5) is 25.9. The number of fused-ring (bicyclic) bond motifs is 3. The minimum atomic E-state index is -1.08. The number of esters is 1. The first-order chi connectivity index (χ1) is 16.4. The molecular weight excluding hydrogens is 448 g/mol. The van der Waals surface area contributed by atoms with Gasteiger partial charge in [-0.15, -0.1) is 0 Å². The Labute approximate surface area is 206 Å². The summed E-state index contributed by atoms with van der Waals surface area (Å²) in [5.74, 6) is -0.217. The highest BCUT2D eigenvalue weighted by atomic mass is 16.6. The Morgan fingerprint density at radius 3 is 2.46 bits per heavy atom. The molecule has 0 aromatic heterocycles. The van der Waals surface area contributed by atoms with E-state index in [1.54, 1.807) is 6.92 Å². The lowest BCUT2D eigenvalue weighted by Gasteiger charge is -2.55. The molecule has 35 heavy (non-hydrogen) atoms. The van der Waals surface area contributed by atoms with Crippen molar-refractivity contribution < 1.29 is 34.4 Å². The van der Waals surface area contributed by atoms with Crippen LogP contribution in [0.1, 0.15) is 73.1 Å². The molecule has 3 N–H and O–H groups in total. The Bertz CT molecular complexity index is 1080. The van der Waals surface area contributed by atoms with Gasteiger partial charge >= 0.3 is 5.97 Å². The van der Waals surface area contributed by atoms with Crippen molar-refractivity contribution in [1.29, 1.82) is 0 Å². The first-order valence-corrected chi connectivity index (χ1v) is 13.2. The van der Waals surface area contributed by atoms with E-state index in [0.717, 1.165) is 18.4 Å². The van der Waals surface area contributed by atoms with E-state index < -0.39 is 34.7 Å². The highest BCUT2D eigenvalue weighted by Gasteiger charge is 2.81. The standard InChI is InChI=1S/C28H38O7/c1-12-8-20(34-25(33)13(12)2)14(3)26(4)17-6-7-18-16(15(17)9-21(26)30)10-23-28(35-23)24(32)19(29)11-22(31)27(18,28)5/h14,16,18-21,23-24,29-30,32H,6-11H2,1-5H3. The van der Waals surface area contributed by atoms with Gasteiger partial charge in [-0.25, -0.2) is 4.79 Å². The minimum absolute atomic E-state index is 0.0137. The quantitative estimate of drug-likeness (QED) is 0.312. The number of epoxide rings is 1. The summed E-state index contributed by atoms with van der Waals surface area (Å²) >= 11 is 0. The molecule has 2 saturated carbocycles. The number of cyclic esters (lactones) is 1. The average molecular weight is 487 g/mol. The number of ether oxygens (including phenoxy) is 2. The summed E-state index contributed by atoms with van der Waals surface area (Å²) in [5, 5.41) is 32.8. The summed E-state index contributed by atoms with van der Waals surface area (Å²) in [6.45, 7) is 9.94. The van der Waals surface area contributed by atoms with Crippen LogP contribution in [0.3, 0.4) is 0 Å². The summed E-state index contributed by atoms with van der Waals surface area (Å²) in [6.07, 6.45) is 0.201. The Balaban J connectivity index is 1.36. The molecule has 11 unspecified atom stereocenters. The number of hydrogen-bond donors (Lipinski definition) is 3. The topological polar surface area (TPSA) is 117 Å². The van der Waals surface area contributed by atoms with Crippen molar-refractivity contribution in [2.24, 2.45) is 28.6 Å². The lowest BCUT2D eigenvalue weighted by Crippen LogP contribution is -2.66. The first kappa shape index (κ1) is 23.8. The van der Waals surface area contributed by atoms with Gasteiger partial charge in [0.15, 0.2) is 0 Å². The van der Waals surface area contributed by atoms with E-state index in [-0.39, 0.29) is 48.1 Å². The van der Waals surface area contributed by atoms with E-state index in [0.29, 0.717) is 24.8 Å². The summed E-state index contributed by atoms with van der Waals surface area (Å²) in [6, 6.07) is 0. The van der Waals surface area contributed by atoms with Crippen molar-refractivity contribution in [2.75, 3.05) is 0 Å². The molecule has 11 atom stereocenters. The van der Waals surface area contributed by atoms with E-state index >= 15 is 0 Å². The molecule has 1 saturated heterocycles. The summed E-state index contributed by atoms with van der Waals surface area (Å²) in [7, 11) is 0. The van der Waals surface area contributed by atoms with Gasteiger partial charge in [0, 0.05) is 29.7 Å². The van der Waals surface area contributed by atoms with Crippen LogP contribution in [-0.4, -0.2) is 63.2 Å². The zero-order chi connectivity index (χ0) is 25.2. The lowest BCUT2D eigenvalue weighted by molar-refractivity contribution is -0.169. The number of aliphatic hydroxyl groups excluding tert-OH is 3. The molecule has 0 bridgehead atoms. The number of carbonyl (C=O) groups is 2. The van der Waals surface area contributed by atoms with Gasteiger partial charge in [0.1, 0.15) is 23.6 Å². The van der Waals surface area contributed by atoms with Crippen LogP contribution in [0.25, 0.3) is 0 Å². The fraction of sp³-hybridized carbons (Fsp3) is 0.786. The van der Waals surface area contributed by atoms with Gasteiger partial charge in [0.25, 0.3) is 0 Å². The van der Waals surface area contributed by atoms with E-state index in [1.807, 2.05) is 13.8 Å². The maximum absolute atomic E-state index is 13.4. The maximum Gasteiger partial charge on any atom is 0.333 e. The van der Waals surface area contributed by atoms with Crippen molar-refractivity contribution in [3.8, 4) is 0 Å². The Hall–Kier alpha value is -1.54. The van der Waals surface area contributed by atoms with Crippen molar-refractivity contribution in [2.45, 2.75) is 109 Å². The molecule has 4 aliphatic carbocycles. The van der Waals surface area contributed by atoms with Gasteiger partial charge in [-0.1, -0.05) is 30.6 Å². The highest BCUT2D eigenvalue weighted by molar-refractivity contribution is 5.90. The molecule has 0 aromatic rings. The second kappa shape index (κ2) is 7.27. The van der Waals surface area contributed by atoms with E-state index in [4.69, 9.17) is 9.47 Å². The zero-order valence-corrected chi connectivity index (χ0v) is 21.3. The molecule has 192 valence electrons. The molecule has 2 heterocycles. The maximum atomic E-state index is 13.4. The third-order valence-corrected chi connectivity index (χ3v) is 11.6. The molecule has 6 aliphatic rings. The van der Waals surface area contributed by atoms with E-state index in [2.05, 4.69) is 13.8 Å². The molecule has 3 fully saturated rings. The predicted octanol–water partition coefficient (Wildman–Crippen LogP) is 2.61. The predicted molar refractivity (Wildman–Crippen MR) is 126 cm³/mol.